The predicted molar refractivity (Wildman–Crippen MR) is 135 cm³/mol. The Bertz CT molecular complexity index is 1250. The molecule has 5 N–H and O–H groups in total. The van der Waals surface area contributed by atoms with Crippen LogP contribution in [0.4, 0.5) is 10.1 Å². The normalized spacial score (nSPS) is 14.8. The number of H-pyrrole nitrogens is 1. The zero-order valence-electron chi connectivity index (χ0n) is 22.0. The van der Waals surface area contributed by atoms with Crippen molar-refractivity contribution >= 4 is 41.1 Å². The predicted octanol–water partition coefficient (Wildman–Crippen LogP) is -1.46. The van der Waals surface area contributed by atoms with Gasteiger partial charge in [0.15, 0.2) is 0 Å². The SMILES string of the molecule is CCN(CC)CCNC(=O)c1c(C)[nH]c(/C=C2\C(=O)Nc3ccc(F)cc32)c1C.O=C([O-])[C@@H](O)[C@H](O)C(=O)[O-]. The van der Waals surface area contributed by atoms with E-state index < -0.39 is 30.0 Å². The van der Waals surface area contributed by atoms with Gasteiger partial charge in [-0.1, -0.05) is 13.8 Å². The molecule has 0 saturated heterocycles. The maximum atomic E-state index is 13.7. The fourth-order valence-corrected chi connectivity index (χ4v) is 3.92. The number of aliphatic hydroxyl groups is 2. The van der Waals surface area contributed by atoms with E-state index in [1.807, 2.05) is 13.8 Å². The quantitative estimate of drug-likeness (QED) is 0.221. The van der Waals surface area contributed by atoms with Gasteiger partial charge in [-0.15, -0.1) is 0 Å². The number of likely N-dealkylation sites (N-methyl/N-ethyl adjacent to an activating group) is 1. The summed E-state index contributed by atoms with van der Waals surface area (Å²) in [5.74, 6) is -4.95. The largest absolute Gasteiger partial charge is 0.547 e. The maximum Gasteiger partial charge on any atom is 0.256 e. The Kier molecular flexibility index (Phi) is 10.9. The highest BCUT2D eigenvalue weighted by molar-refractivity contribution is 6.34. The Balaban J connectivity index is 0.000000455. The summed E-state index contributed by atoms with van der Waals surface area (Å²) in [6.07, 6.45) is -3.20. The summed E-state index contributed by atoms with van der Waals surface area (Å²) in [4.78, 5) is 49.7. The van der Waals surface area contributed by atoms with Crippen LogP contribution in [-0.4, -0.2) is 82.2 Å². The van der Waals surface area contributed by atoms with Gasteiger partial charge in [-0.25, -0.2) is 4.39 Å². The third-order valence-corrected chi connectivity index (χ3v) is 6.15. The summed E-state index contributed by atoms with van der Waals surface area (Å²) in [6, 6.07) is 4.20. The third kappa shape index (κ3) is 7.72. The van der Waals surface area contributed by atoms with E-state index in [9.17, 15) is 33.8 Å². The molecule has 2 aromatic rings. The Morgan fingerprint density at radius 3 is 2.23 bits per heavy atom. The summed E-state index contributed by atoms with van der Waals surface area (Å²) in [5, 5.41) is 41.4. The second-order valence-electron chi connectivity index (χ2n) is 8.68. The molecule has 2 heterocycles. The second-order valence-corrected chi connectivity index (χ2v) is 8.68. The standard InChI is InChI=1S/C22H27FN4O2.C4H6O6/c1-5-27(6-2)10-9-24-22(29)20-13(3)19(25-14(20)4)12-17-16-11-15(23)7-8-18(16)26-21(17)28;5-1(3(7)8)2(6)4(9)10/h7-8,11-12,25H,5-6,9-10H2,1-4H3,(H,24,29)(H,26,28);1-2,5-6H,(H,7,8)(H,9,10)/p-2/b17-12-;/t;1-,2-/m.0/s1. The number of aliphatic carboxylic acids is 2. The average molecular weight is 547 g/mol. The van der Waals surface area contributed by atoms with Crippen molar-refractivity contribution in [3.63, 3.8) is 0 Å². The minimum Gasteiger partial charge on any atom is -0.547 e. The summed E-state index contributed by atoms with van der Waals surface area (Å²) < 4.78 is 13.7. The van der Waals surface area contributed by atoms with Crippen LogP contribution in [0.3, 0.4) is 0 Å². The molecule has 0 unspecified atom stereocenters. The van der Waals surface area contributed by atoms with Crippen molar-refractivity contribution in [3.8, 4) is 0 Å². The minimum atomic E-state index is -2.44. The number of carboxylic acids is 2. The van der Waals surface area contributed by atoms with Crippen LogP contribution < -0.4 is 20.8 Å². The number of carboxylic acid groups (broad SMARTS) is 2. The lowest BCUT2D eigenvalue weighted by Gasteiger charge is -2.18. The summed E-state index contributed by atoms with van der Waals surface area (Å²) in [5.41, 5.74) is 4.20. The van der Waals surface area contributed by atoms with E-state index in [4.69, 9.17) is 10.2 Å². The number of aromatic amines is 1. The topological polar surface area (TPSA) is 198 Å². The molecule has 0 bridgehead atoms. The number of fused-ring (bicyclic) bond motifs is 1. The fraction of sp³-hybridized carbons (Fsp3) is 0.385. The van der Waals surface area contributed by atoms with Gasteiger partial charge < -0.3 is 50.5 Å². The molecule has 0 fully saturated rings. The first-order valence-corrected chi connectivity index (χ1v) is 12.1. The van der Waals surface area contributed by atoms with Crippen molar-refractivity contribution in [3.05, 3.63) is 52.1 Å². The zero-order valence-corrected chi connectivity index (χ0v) is 22.0. The molecule has 1 aromatic heterocycles. The van der Waals surface area contributed by atoms with Gasteiger partial charge in [-0.3, -0.25) is 9.59 Å². The van der Waals surface area contributed by atoms with Gasteiger partial charge in [-0.2, -0.15) is 0 Å². The van der Waals surface area contributed by atoms with Crippen molar-refractivity contribution < 1.29 is 44.0 Å². The molecular weight excluding hydrogens is 515 g/mol. The molecule has 1 aromatic carbocycles. The molecular formula is C26H31FN4O8-2. The highest BCUT2D eigenvalue weighted by atomic mass is 19.1. The van der Waals surface area contributed by atoms with Crippen LogP contribution >= 0.6 is 0 Å². The fourth-order valence-electron chi connectivity index (χ4n) is 3.92. The first kappa shape index (κ1) is 31.1. The van der Waals surface area contributed by atoms with E-state index in [2.05, 4.69) is 34.4 Å². The van der Waals surface area contributed by atoms with Crippen molar-refractivity contribution in [2.24, 2.45) is 0 Å². The number of aryl methyl sites for hydroxylation is 1. The van der Waals surface area contributed by atoms with Crippen molar-refractivity contribution in [1.82, 2.24) is 15.2 Å². The van der Waals surface area contributed by atoms with E-state index >= 15 is 0 Å². The number of nitrogens with zero attached hydrogens (tertiary/aromatic N) is 1. The first-order valence-electron chi connectivity index (χ1n) is 12.1. The molecule has 212 valence electrons. The van der Waals surface area contributed by atoms with Gasteiger partial charge >= 0.3 is 0 Å². The Labute approximate surface area is 224 Å². The second kappa shape index (κ2) is 13.6. The molecule has 0 spiro atoms. The van der Waals surface area contributed by atoms with Crippen LogP contribution in [0.15, 0.2) is 18.2 Å². The Morgan fingerprint density at radius 1 is 1.10 bits per heavy atom. The van der Waals surface area contributed by atoms with Crippen LogP contribution in [0.5, 0.6) is 0 Å². The number of amides is 2. The van der Waals surface area contributed by atoms with E-state index in [0.717, 1.165) is 30.9 Å². The first-order chi connectivity index (χ1) is 18.3. The third-order valence-electron chi connectivity index (χ3n) is 6.15. The summed E-state index contributed by atoms with van der Waals surface area (Å²) in [6.45, 7) is 11.1. The molecule has 1 aliphatic rings. The van der Waals surface area contributed by atoms with E-state index in [0.29, 0.717) is 34.6 Å². The number of carbonyl (C=O) groups is 4. The molecule has 1 aliphatic heterocycles. The number of hydrogen-bond donors (Lipinski definition) is 5. The van der Waals surface area contributed by atoms with E-state index in [-0.39, 0.29) is 11.8 Å². The van der Waals surface area contributed by atoms with Crippen molar-refractivity contribution in [1.29, 1.82) is 0 Å². The molecule has 39 heavy (non-hydrogen) atoms. The van der Waals surface area contributed by atoms with E-state index in [1.54, 1.807) is 12.1 Å². The number of aliphatic hydroxyl groups excluding tert-OH is 2. The molecule has 13 heteroatoms. The van der Waals surface area contributed by atoms with Crippen LogP contribution in [-0.2, 0) is 14.4 Å². The summed E-state index contributed by atoms with van der Waals surface area (Å²) >= 11 is 0. The number of halogens is 1. The molecule has 0 saturated carbocycles. The lowest BCUT2D eigenvalue weighted by atomic mass is 10.0. The van der Waals surface area contributed by atoms with Crippen LogP contribution in [0, 0.1) is 19.7 Å². The van der Waals surface area contributed by atoms with Crippen LogP contribution in [0.25, 0.3) is 11.6 Å². The van der Waals surface area contributed by atoms with Crippen LogP contribution in [0.1, 0.15) is 46.7 Å². The number of nitrogens with one attached hydrogen (secondary N) is 3. The highest BCUT2D eigenvalue weighted by Crippen LogP contribution is 2.34. The van der Waals surface area contributed by atoms with Crippen molar-refractivity contribution in [2.75, 3.05) is 31.5 Å². The van der Waals surface area contributed by atoms with Gasteiger partial charge in [0.2, 0.25) is 0 Å². The molecule has 12 nitrogen and oxygen atoms in total. The Hall–Kier alpha value is -4.07. The van der Waals surface area contributed by atoms with Crippen LogP contribution in [0.2, 0.25) is 0 Å². The maximum absolute atomic E-state index is 13.7. The lowest BCUT2D eigenvalue weighted by Crippen LogP contribution is -2.51. The number of benzene rings is 1. The Morgan fingerprint density at radius 2 is 1.69 bits per heavy atom. The zero-order chi connectivity index (χ0) is 29.4. The number of anilines is 1. The molecule has 2 atom stereocenters. The summed E-state index contributed by atoms with van der Waals surface area (Å²) in [7, 11) is 0. The minimum absolute atomic E-state index is 0.143. The van der Waals surface area contributed by atoms with Gasteiger partial charge in [0.1, 0.15) is 18.0 Å². The average Bonchev–Trinajstić information content (AvgIpc) is 3.35. The number of aromatic nitrogens is 1. The van der Waals surface area contributed by atoms with E-state index in [1.165, 1.54) is 12.1 Å². The van der Waals surface area contributed by atoms with Gasteiger partial charge in [-0.05, 0) is 56.8 Å². The monoisotopic (exact) mass is 546 g/mol. The van der Waals surface area contributed by atoms with Gasteiger partial charge in [0.05, 0.1) is 23.1 Å². The number of hydrogen-bond acceptors (Lipinski definition) is 9. The molecule has 3 rings (SSSR count). The number of carbonyl (C=O) groups excluding carboxylic acids is 4. The molecule has 0 radical (unpaired) electrons. The van der Waals surface area contributed by atoms with Gasteiger partial charge in [0.25, 0.3) is 11.8 Å². The van der Waals surface area contributed by atoms with Gasteiger partial charge in [0, 0.05) is 35.7 Å². The number of rotatable bonds is 10. The lowest BCUT2D eigenvalue weighted by molar-refractivity contribution is -0.333. The molecule has 0 aliphatic carbocycles. The van der Waals surface area contributed by atoms with Crippen molar-refractivity contribution in [2.45, 2.75) is 39.9 Å². The highest BCUT2D eigenvalue weighted by Gasteiger charge is 2.26. The smallest absolute Gasteiger partial charge is 0.256 e. The molecule has 2 amide bonds.